The van der Waals surface area contributed by atoms with Gasteiger partial charge in [-0.15, -0.1) is 11.3 Å². The van der Waals surface area contributed by atoms with Gasteiger partial charge in [0.15, 0.2) is 0 Å². The van der Waals surface area contributed by atoms with E-state index in [2.05, 4.69) is 37.2 Å². The van der Waals surface area contributed by atoms with Crippen LogP contribution in [0.4, 0.5) is 5.69 Å². The first kappa shape index (κ1) is 15.8. The van der Waals surface area contributed by atoms with Gasteiger partial charge in [-0.3, -0.25) is 0 Å². The van der Waals surface area contributed by atoms with Crippen molar-refractivity contribution >= 4 is 66.5 Å². The van der Waals surface area contributed by atoms with Crippen LogP contribution in [0, 0.1) is 0 Å². The molecule has 0 amide bonds. The molecular formula is C13H10Br2ClNO2S. The van der Waals surface area contributed by atoms with E-state index in [-0.39, 0.29) is 0 Å². The van der Waals surface area contributed by atoms with Crippen molar-refractivity contribution in [2.24, 2.45) is 0 Å². The van der Waals surface area contributed by atoms with Gasteiger partial charge in [-0.1, -0.05) is 11.6 Å². The molecule has 106 valence electrons. The van der Waals surface area contributed by atoms with Gasteiger partial charge in [0, 0.05) is 21.6 Å². The lowest BCUT2D eigenvalue weighted by atomic mass is 10.2. The van der Waals surface area contributed by atoms with E-state index in [4.69, 9.17) is 16.3 Å². The zero-order valence-electron chi connectivity index (χ0n) is 10.4. The van der Waals surface area contributed by atoms with E-state index < -0.39 is 5.97 Å². The van der Waals surface area contributed by atoms with E-state index in [0.29, 0.717) is 17.1 Å². The highest BCUT2D eigenvalue weighted by molar-refractivity contribution is 9.13. The van der Waals surface area contributed by atoms with Crippen molar-refractivity contribution in [2.75, 3.05) is 12.4 Å². The minimum atomic E-state index is -0.444. The van der Waals surface area contributed by atoms with Gasteiger partial charge in [0.05, 0.1) is 21.5 Å². The molecule has 1 N–H and O–H groups in total. The Hall–Kier alpha value is -0.560. The molecule has 0 fully saturated rings. The highest BCUT2D eigenvalue weighted by Gasteiger charge is 2.11. The highest BCUT2D eigenvalue weighted by Crippen LogP contribution is 2.32. The summed E-state index contributed by atoms with van der Waals surface area (Å²) in [6.07, 6.45) is 0. The Morgan fingerprint density at radius 1 is 1.40 bits per heavy atom. The summed E-state index contributed by atoms with van der Waals surface area (Å²) < 4.78 is 6.78. The number of carbonyl (C=O) groups excluding carboxylic acids is 1. The molecule has 1 aromatic carbocycles. The van der Waals surface area contributed by atoms with Gasteiger partial charge in [-0.25, -0.2) is 4.79 Å². The molecule has 0 unspecified atom stereocenters. The van der Waals surface area contributed by atoms with Gasteiger partial charge >= 0.3 is 5.97 Å². The fourth-order valence-electron chi connectivity index (χ4n) is 1.57. The number of thiophene rings is 1. The Morgan fingerprint density at radius 3 is 2.75 bits per heavy atom. The quantitative estimate of drug-likeness (QED) is 0.655. The number of esters is 1. The molecule has 1 heterocycles. The molecule has 20 heavy (non-hydrogen) atoms. The number of hydrogen-bond donors (Lipinski definition) is 1. The second kappa shape index (κ2) is 6.93. The van der Waals surface area contributed by atoms with Crippen LogP contribution in [0.3, 0.4) is 0 Å². The van der Waals surface area contributed by atoms with Gasteiger partial charge in [-0.05, 0) is 56.1 Å². The number of halogens is 3. The SMILES string of the molecule is COC(=O)c1cc(NCc2cc(Br)c(Br)s2)ccc1Cl. The van der Waals surface area contributed by atoms with Crippen LogP contribution in [0.1, 0.15) is 15.2 Å². The van der Waals surface area contributed by atoms with E-state index >= 15 is 0 Å². The maximum atomic E-state index is 11.6. The molecule has 0 saturated heterocycles. The summed E-state index contributed by atoms with van der Waals surface area (Å²) in [6.45, 7) is 0.664. The number of anilines is 1. The largest absolute Gasteiger partial charge is 0.465 e. The van der Waals surface area contributed by atoms with Crippen LogP contribution in [-0.4, -0.2) is 13.1 Å². The van der Waals surface area contributed by atoms with Crippen LogP contribution in [0.25, 0.3) is 0 Å². The molecule has 0 aliphatic rings. The van der Waals surface area contributed by atoms with Gasteiger partial charge in [0.1, 0.15) is 0 Å². The Balaban J connectivity index is 2.12. The third-order valence-corrected chi connectivity index (χ3v) is 6.12. The van der Waals surface area contributed by atoms with Crippen LogP contribution >= 0.6 is 54.8 Å². The lowest BCUT2D eigenvalue weighted by molar-refractivity contribution is 0.0601. The summed E-state index contributed by atoms with van der Waals surface area (Å²) in [6, 6.07) is 7.23. The average Bonchev–Trinajstić information content (AvgIpc) is 2.76. The summed E-state index contributed by atoms with van der Waals surface area (Å²) >= 11 is 14.5. The third-order valence-electron chi connectivity index (χ3n) is 2.53. The molecule has 0 aliphatic carbocycles. The topological polar surface area (TPSA) is 38.3 Å². The van der Waals surface area contributed by atoms with Crippen molar-refractivity contribution in [3.8, 4) is 0 Å². The Labute approximate surface area is 142 Å². The number of benzene rings is 1. The fourth-order valence-corrected chi connectivity index (χ4v) is 3.88. The second-order valence-electron chi connectivity index (χ2n) is 3.87. The average molecular weight is 440 g/mol. The zero-order valence-corrected chi connectivity index (χ0v) is 15.1. The number of methoxy groups -OCH3 is 1. The molecular weight excluding hydrogens is 429 g/mol. The highest BCUT2D eigenvalue weighted by atomic mass is 79.9. The monoisotopic (exact) mass is 437 g/mol. The smallest absolute Gasteiger partial charge is 0.339 e. The first-order valence-corrected chi connectivity index (χ1v) is 8.34. The van der Waals surface area contributed by atoms with Crippen molar-refractivity contribution < 1.29 is 9.53 Å². The minimum Gasteiger partial charge on any atom is -0.465 e. The molecule has 0 bridgehead atoms. The Bertz CT molecular complexity index is 626. The van der Waals surface area contributed by atoms with Gasteiger partial charge in [0.2, 0.25) is 0 Å². The van der Waals surface area contributed by atoms with Crippen LogP contribution in [0.5, 0.6) is 0 Å². The van der Waals surface area contributed by atoms with E-state index in [0.717, 1.165) is 13.9 Å². The van der Waals surface area contributed by atoms with Crippen molar-refractivity contribution in [2.45, 2.75) is 6.54 Å². The van der Waals surface area contributed by atoms with E-state index in [1.54, 1.807) is 23.5 Å². The fraction of sp³-hybridized carbons (Fsp3) is 0.154. The minimum absolute atomic E-state index is 0.354. The van der Waals surface area contributed by atoms with Crippen LogP contribution in [0.2, 0.25) is 5.02 Å². The zero-order chi connectivity index (χ0) is 14.7. The molecule has 0 atom stereocenters. The van der Waals surface area contributed by atoms with E-state index in [9.17, 15) is 4.79 Å². The number of carbonyl (C=O) groups is 1. The van der Waals surface area contributed by atoms with Gasteiger partial charge < -0.3 is 10.1 Å². The van der Waals surface area contributed by atoms with E-state index in [1.165, 1.54) is 12.0 Å². The first-order valence-electron chi connectivity index (χ1n) is 5.56. The number of hydrogen-bond acceptors (Lipinski definition) is 4. The van der Waals surface area contributed by atoms with Crippen LogP contribution in [0.15, 0.2) is 32.5 Å². The molecule has 1 aromatic heterocycles. The molecule has 7 heteroatoms. The molecule has 0 saturated carbocycles. The van der Waals surface area contributed by atoms with Gasteiger partial charge in [-0.2, -0.15) is 0 Å². The normalized spacial score (nSPS) is 10.4. The Kier molecular flexibility index (Phi) is 5.49. The standard InChI is InChI=1S/C13H10Br2ClNO2S/c1-19-13(18)9-4-7(2-3-11(9)16)17-6-8-5-10(14)12(15)20-8/h2-5,17H,6H2,1H3. The maximum absolute atomic E-state index is 11.6. The molecule has 2 rings (SSSR count). The molecule has 0 spiro atoms. The molecule has 3 nitrogen and oxygen atoms in total. The van der Waals surface area contributed by atoms with Crippen LogP contribution < -0.4 is 5.32 Å². The summed E-state index contributed by atoms with van der Waals surface area (Å²) in [4.78, 5) is 12.7. The summed E-state index contributed by atoms with van der Waals surface area (Å²) in [5.74, 6) is -0.444. The number of nitrogens with one attached hydrogen (secondary N) is 1. The molecule has 2 aromatic rings. The molecule has 0 aliphatic heterocycles. The lowest BCUT2D eigenvalue weighted by Crippen LogP contribution is -2.04. The van der Waals surface area contributed by atoms with Crippen LogP contribution in [-0.2, 0) is 11.3 Å². The van der Waals surface area contributed by atoms with Crippen molar-refractivity contribution in [3.63, 3.8) is 0 Å². The first-order chi connectivity index (χ1) is 9.51. The second-order valence-corrected chi connectivity index (χ2v) is 7.59. The van der Waals surface area contributed by atoms with Crippen molar-refractivity contribution in [1.29, 1.82) is 0 Å². The summed E-state index contributed by atoms with van der Waals surface area (Å²) in [5, 5.41) is 3.63. The van der Waals surface area contributed by atoms with Gasteiger partial charge in [0.25, 0.3) is 0 Å². The predicted octanol–water partition coefficient (Wildman–Crippen LogP) is 5.33. The predicted molar refractivity (Wildman–Crippen MR) is 89.8 cm³/mol. The van der Waals surface area contributed by atoms with Crippen molar-refractivity contribution in [1.82, 2.24) is 0 Å². The van der Waals surface area contributed by atoms with Crippen molar-refractivity contribution in [3.05, 3.63) is 48.0 Å². The molecule has 0 radical (unpaired) electrons. The number of rotatable bonds is 4. The summed E-state index contributed by atoms with van der Waals surface area (Å²) in [5.41, 5.74) is 1.17. The Morgan fingerprint density at radius 2 is 2.15 bits per heavy atom. The third kappa shape index (κ3) is 3.75. The maximum Gasteiger partial charge on any atom is 0.339 e. The van der Waals surface area contributed by atoms with E-state index in [1.807, 2.05) is 12.1 Å². The number of ether oxygens (including phenoxy) is 1. The summed E-state index contributed by atoms with van der Waals surface area (Å²) in [7, 11) is 1.33. The lowest BCUT2D eigenvalue weighted by Gasteiger charge is -2.08.